The Morgan fingerprint density at radius 2 is 2.19 bits per heavy atom. The van der Waals surface area contributed by atoms with Crippen LogP contribution in [0.1, 0.15) is 36.0 Å². The highest BCUT2D eigenvalue weighted by Gasteiger charge is 2.31. The summed E-state index contributed by atoms with van der Waals surface area (Å²) >= 11 is 0. The molecule has 1 aromatic heterocycles. The second-order valence-electron chi connectivity index (χ2n) is 5.30. The van der Waals surface area contributed by atoms with Gasteiger partial charge < -0.3 is 14.4 Å². The number of fused-ring (bicyclic) bond motifs is 1. The molecule has 0 saturated heterocycles. The molecule has 5 heteroatoms. The van der Waals surface area contributed by atoms with Crippen LogP contribution in [0.15, 0.2) is 30.3 Å². The molecule has 0 amide bonds. The number of rotatable bonds is 4. The number of aliphatic carboxylic acids is 1. The van der Waals surface area contributed by atoms with Crippen LogP contribution in [-0.2, 0) is 24.9 Å². The number of nitrogens with zero attached hydrogens (tertiary/aromatic N) is 2. The van der Waals surface area contributed by atoms with Crippen LogP contribution in [0.4, 0.5) is 0 Å². The van der Waals surface area contributed by atoms with Gasteiger partial charge in [-0.1, -0.05) is 18.2 Å². The van der Waals surface area contributed by atoms with E-state index in [1.807, 2.05) is 41.9 Å². The van der Waals surface area contributed by atoms with Crippen LogP contribution in [0.5, 0.6) is 5.75 Å². The highest BCUT2D eigenvalue weighted by molar-refractivity contribution is 5.76. The van der Waals surface area contributed by atoms with Gasteiger partial charge in [0.05, 0.1) is 5.69 Å². The lowest BCUT2D eigenvalue weighted by Crippen LogP contribution is -2.18. The Morgan fingerprint density at radius 1 is 1.43 bits per heavy atom. The molecule has 1 heterocycles. The van der Waals surface area contributed by atoms with Gasteiger partial charge in [-0.25, -0.2) is 4.98 Å². The van der Waals surface area contributed by atoms with E-state index in [4.69, 9.17) is 4.74 Å². The fourth-order valence-electron chi connectivity index (χ4n) is 2.83. The maximum absolute atomic E-state index is 11.3. The lowest BCUT2D eigenvalue weighted by molar-refractivity contribution is -0.139. The fraction of sp³-hybridized carbons (Fsp3) is 0.375. The summed E-state index contributed by atoms with van der Waals surface area (Å²) in [6, 6.07) is 9.55. The third kappa shape index (κ3) is 2.63. The zero-order valence-electron chi connectivity index (χ0n) is 12.0. The highest BCUT2D eigenvalue weighted by Crippen LogP contribution is 2.31. The summed E-state index contributed by atoms with van der Waals surface area (Å²) in [6.45, 7) is 0.347. The van der Waals surface area contributed by atoms with Gasteiger partial charge in [-0.2, -0.15) is 0 Å². The zero-order valence-corrected chi connectivity index (χ0v) is 12.0. The standard InChI is InChI=1S/C16H18N2O3/c1-18-13-9-5-8-12(16(19)20)15(13)17-14(18)10-21-11-6-3-2-4-7-11/h2-4,6-7,12H,5,8-10H2,1H3,(H,19,20). The number of carboxylic acid groups (broad SMARTS) is 1. The highest BCUT2D eigenvalue weighted by atomic mass is 16.5. The van der Waals surface area contributed by atoms with E-state index >= 15 is 0 Å². The van der Waals surface area contributed by atoms with E-state index < -0.39 is 11.9 Å². The molecule has 5 nitrogen and oxygen atoms in total. The van der Waals surface area contributed by atoms with E-state index in [-0.39, 0.29) is 0 Å². The van der Waals surface area contributed by atoms with Gasteiger partial charge in [0.1, 0.15) is 24.1 Å². The monoisotopic (exact) mass is 286 g/mol. The lowest BCUT2D eigenvalue weighted by Gasteiger charge is -2.18. The Labute approximate surface area is 123 Å². The predicted octanol–water partition coefficient (Wildman–Crippen LogP) is 2.50. The van der Waals surface area contributed by atoms with Crippen molar-refractivity contribution in [3.63, 3.8) is 0 Å². The summed E-state index contributed by atoms with van der Waals surface area (Å²) in [4.78, 5) is 15.9. The number of hydrogen-bond acceptors (Lipinski definition) is 3. The number of carbonyl (C=O) groups is 1. The summed E-state index contributed by atoms with van der Waals surface area (Å²) in [7, 11) is 1.93. The van der Waals surface area contributed by atoms with Gasteiger partial charge in [0.2, 0.25) is 0 Å². The number of imidazole rings is 1. The number of benzene rings is 1. The molecule has 0 bridgehead atoms. The van der Waals surface area contributed by atoms with Gasteiger partial charge >= 0.3 is 5.97 Å². The Kier molecular flexibility index (Phi) is 3.64. The van der Waals surface area contributed by atoms with E-state index in [2.05, 4.69) is 4.98 Å². The van der Waals surface area contributed by atoms with E-state index in [1.165, 1.54) is 0 Å². The molecule has 110 valence electrons. The van der Waals surface area contributed by atoms with E-state index in [0.29, 0.717) is 18.7 Å². The second kappa shape index (κ2) is 5.60. The molecule has 3 rings (SSSR count). The zero-order chi connectivity index (χ0) is 14.8. The van der Waals surface area contributed by atoms with Gasteiger partial charge in [-0.15, -0.1) is 0 Å². The second-order valence-corrected chi connectivity index (χ2v) is 5.30. The number of ether oxygens (including phenoxy) is 1. The van der Waals surface area contributed by atoms with Crippen LogP contribution in [0, 0.1) is 0 Å². The molecule has 21 heavy (non-hydrogen) atoms. The van der Waals surface area contributed by atoms with Crippen molar-refractivity contribution >= 4 is 5.97 Å². The van der Waals surface area contributed by atoms with E-state index in [1.54, 1.807) is 0 Å². The summed E-state index contributed by atoms with van der Waals surface area (Å²) < 4.78 is 7.70. The van der Waals surface area contributed by atoms with Crippen LogP contribution in [0.2, 0.25) is 0 Å². The maximum Gasteiger partial charge on any atom is 0.312 e. The number of para-hydroxylation sites is 1. The SMILES string of the molecule is Cn1c(COc2ccccc2)nc2c1CCCC2C(=O)O. The molecule has 1 N–H and O–H groups in total. The first-order valence-electron chi connectivity index (χ1n) is 7.12. The van der Waals surface area contributed by atoms with Crippen LogP contribution in [-0.4, -0.2) is 20.6 Å². The first kappa shape index (κ1) is 13.7. The third-order valence-corrected chi connectivity index (χ3v) is 3.98. The minimum atomic E-state index is -0.787. The Balaban J connectivity index is 1.82. The normalized spacial score (nSPS) is 17.3. The largest absolute Gasteiger partial charge is 0.486 e. The molecule has 1 aliphatic carbocycles. The first-order chi connectivity index (χ1) is 10.2. The van der Waals surface area contributed by atoms with Crippen LogP contribution >= 0.6 is 0 Å². The van der Waals surface area contributed by atoms with Gasteiger partial charge in [-0.05, 0) is 31.4 Å². The predicted molar refractivity (Wildman–Crippen MR) is 77.3 cm³/mol. The number of carboxylic acids is 1. The lowest BCUT2D eigenvalue weighted by atomic mass is 9.90. The van der Waals surface area contributed by atoms with Crippen molar-refractivity contribution < 1.29 is 14.6 Å². The van der Waals surface area contributed by atoms with E-state index in [9.17, 15) is 9.90 Å². The molecule has 2 aromatic rings. The number of aromatic nitrogens is 2. The van der Waals surface area contributed by atoms with Crippen molar-refractivity contribution in [3.05, 3.63) is 47.5 Å². The van der Waals surface area contributed by atoms with Crippen molar-refractivity contribution in [2.24, 2.45) is 7.05 Å². The van der Waals surface area contributed by atoms with Gasteiger partial charge in [0.15, 0.2) is 0 Å². The van der Waals surface area contributed by atoms with Crippen LogP contribution in [0.25, 0.3) is 0 Å². The molecule has 1 aliphatic rings. The smallest absolute Gasteiger partial charge is 0.312 e. The van der Waals surface area contributed by atoms with E-state index in [0.717, 1.165) is 30.1 Å². The van der Waals surface area contributed by atoms with Gasteiger partial charge in [0.25, 0.3) is 0 Å². The number of hydrogen-bond donors (Lipinski definition) is 1. The molecular formula is C16H18N2O3. The summed E-state index contributed by atoms with van der Waals surface area (Å²) in [5.74, 6) is 0.292. The summed E-state index contributed by atoms with van der Waals surface area (Å²) in [5, 5.41) is 9.31. The van der Waals surface area contributed by atoms with Crippen LogP contribution in [0.3, 0.4) is 0 Å². The molecule has 1 unspecified atom stereocenters. The quantitative estimate of drug-likeness (QED) is 0.938. The average Bonchev–Trinajstić information content (AvgIpc) is 2.83. The third-order valence-electron chi connectivity index (χ3n) is 3.98. The molecule has 0 spiro atoms. The van der Waals surface area contributed by atoms with Crippen molar-refractivity contribution in [2.45, 2.75) is 31.8 Å². The minimum Gasteiger partial charge on any atom is -0.486 e. The molecule has 1 atom stereocenters. The molecular weight excluding hydrogens is 268 g/mol. The minimum absolute atomic E-state index is 0.347. The van der Waals surface area contributed by atoms with Crippen molar-refractivity contribution in [1.29, 1.82) is 0 Å². The first-order valence-corrected chi connectivity index (χ1v) is 7.12. The van der Waals surface area contributed by atoms with Crippen molar-refractivity contribution in [1.82, 2.24) is 9.55 Å². The molecule has 0 fully saturated rings. The Hall–Kier alpha value is -2.30. The molecule has 0 radical (unpaired) electrons. The average molecular weight is 286 g/mol. The topological polar surface area (TPSA) is 64.4 Å². The fourth-order valence-corrected chi connectivity index (χ4v) is 2.83. The van der Waals surface area contributed by atoms with Crippen molar-refractivity contribution in [2.75, 3.05) is 0 Å². The maximum atomic E-state index is 11.3. The molecule has 1 aromatic carbocycles. The van der Waals surface area contributed by atoms with Gasteiger partial charge in [0, 0.05) is 12.7 Å². The van der Waals surface area contributed by atoms with Crippen molar-refractivity contribution in [3.8, 4) is 5.75 Å². The summed E-state index contributed by atoms with van der Waals surface area (Å²) in [5.41, 5.74) is 1.74. The molecule has 0 saturated carbocycles. The van der Waals surface area contributed by atoms with Gasteiger partial charge in [-0.3, -0.25) is 4.79 Å². The van der Waals surface area contributed by atoms with Crippen LogP contribution < -0.4 is 4.74 Å². The summed E-state index contributed by atoms with van der Waals surface area (Å²) in [6.07, 6.45) is 2.44. The Bertz CT molecular complexity index is 649. The molecule has 0 aliphatic heterocycles. The Morgan fingerprint density at radius 3 is 2.90 bits per heavy atom.